The molecule has 112 valence electrons. The predicted molar refractivity (Wildman–Crippen MR) is 79.2 cm³/mol. The van der Waals surface area contributed by atoms with Crippen molar-refractivity contribution in [1.82, 2.24) is 4.90 Å². The minimum Gasteiger partial charge on any atom is -0.481 e. The Kier molecular flexibility index (Phi) is 5.84. The van der Waals surface area contributed by atoms with Crippen molar-refractivity contribution >= 4 is 5.97 Å². The number of aliphatic carboxylic acids is 1. The summed E-state index contributed by atoms with van der Waals surface area (Å²) in [4.78, 5) is 14.2. The number of carboxylic acid groups (broad SMARTS) is 1. The number of carbonyl (C=O) groups is 1. The van der Waals surface area contributed by atoms with Gasteiger partial charge < -0.3 is 5.11 Å². The molecule has 0 saturated heterocycles. The van der Waals surface area contributed by atoms with Crippen LogP contribution in [0.25, 0.3) is 0 Å². The van der Waals surface area contributed by atoms with E-state index in [1.165, 1.54) is 6.42 Å². The molecule has 0 aromatic heterocycles. The first-order valence-corrected chi connectivity index (χ1v) is 7.74. The molecule has 0 heterocycles. The summed E-state index contributed by atoms with van der Waals surface area (Å²) in [6.07, 6.45) is 3.92. The number of nitrogens with zero attached hydrogens (tertiary/aromatic N) is 1. The van der Waals surface area contributed by atoms with E-state index in [1.54, 1.807) is 0 Å². The molecular formula is C16H31NO2. The number of rotatable bonds is 6. The van der Waals surface area contributed by atoms with Crippen LogP contribution >= 0.6 is 0 Å². The highest BCUT2D eigenvalue weighted by atomic mass is 16.4. The highest BCUT2D eigenvalue weighted by molar-refractivity contribution is 5.75. The van der Waals surface area contributed by atoms with Gasteiger partial charge in [-0.15, -0.1) is 0 Å². The van der Waals surface area contributed by atoms with Gasteiger partial charge in [-0.1, -0.05) is 33.6 Å². The van der Waals surface area contributed by atoms with Gasteiger partial charge in [-0.2, -0.15) is 0 Å². The van der Waals surface area contributed by atoms with E-state index in [1.807, 2.05) is 0 Å². The van der Waals surface area contributed by atoms with E-state index in [0.717, 1.165) is 25.8 Å². The molecule has 0 radical (unpaired) electrons. The SMILES string of the molecule is CC(C)CN(CC1(C(=O)O)CCCC(C)C1)C(C)C. The summed E-state index contributed by atoms with van der Waals surface area (Å²) in [5, 5.41) is 9.74. The van der Waals surface area contributed by atoms with E-state index in [0.29, 0.717) is 24.4 Å². The zero-order chi connectivity index (χ0) is 14.6. The van der Waals surface area contributed by atoms with Crippen molar-refractivity contribution in [3.05, 3.63) is 0 Å². The largest absolute Gasteiger partial charge is 0.481 e. The first-order chi connectivity index (χ1) is 8.77. The molecule has 1 saturated carbocycles. The standard InChI is InChI=1S/C16H31NO2/c1-12(2)10-17(13(3)4)11-16(15(18)19)8-6-7-14(5)9-16/h12-14H,6-11H2,1-5H3,(H,18,19). The molecule has 1 aliphatic rings. The van der Waals surface area contributed by atoms with Gasteiger partial charge in [0, 0.05) is 19.1 Å². The van der Waals surface area contributed by atoms with Crippen LogP contribution in [0.2, 0.25) is 0 Å². The Bertz CT molecular complexity index is 301. The zero-order valence-corrected chi connectivity index (χ0v) is 13.3. The lowest BCUT2D eigenvalue weighted by atomic mass is 9.69. The average Bonchev–Trinajstić information content (AvgIpc) is 2.27. The van der Waals surface area contributed by atoms with Crippen molar-refractivity contribution in [2.24, 2.45) is 17.3 Å². The van der Waals surface area contributed by atoms with Crippen molar-refractivity contribution in [3.63, 3.8) is 0 Å². The molecule has 1 N–H and O–H groups in total. The lowest BCUT2D eigenvalue weighted by molar-refractivity contribution is -0.154. The van der Waals surface area contributed by atoms with Crippen LogP contribution < -0.4 is 0 Å². The Labute approximate surface area is 118 Å². The quantitative estimate of drug-likeness (QED) is 0.800. The molecule has 0 aromatic rings. The van der Waals surface area contributed by atoms with E-state index in [9.17, 15) is 9.90 Å². The average molecular weight is 269 g/mol. The van der Waals surface area contributed by atoms with Crippen LogP contribution in [0.1, 0.15) is 60.3 Å². The fraction of sp³-hybridized carbons (Fsp3) is 0.938. The zero-order valence-electron chi connectivity index (χ0n) is 13.3. The Hall–Kier alpha value is -0.570. The molecule has 1 fully saturated rings. The second kappa shape index (κ2) is 6.74. The fourth-order valence-electron chi connectivity index (χ4n) is 3.38. The minimum atomic E-state index is -0.589. The molecule has 1 aliphatic carbocycles. The number of hydrogen-bond acceptors (Lipinski definition) is 2. The van der Waals surface area contributed by atoms with Gasteiger partial charge in [0.1, 0.15) is 0 Å². The Morgan fingerprint density at radius 3 is 2.42 bits per heavy atom. The topological polar surface area (TPSA) is 40.5 Å². The molecule has 0 bridgehead atoms. The van der Waals surface area contributed by atoms with Crippen LogP contribution in [0.5, 0.6) is 0 Å². The molecule has 2 unspecified atom stereocenters. The van der Waals surface area contributed by atoms with E-state index in [4.69, 9.17) is 0 Å². The van der Waals surface area contributed by atoms with Crippen LogP contribution in [0, 0.1) is 17.3 Å². The second-order valence-electron chi connectivity index (χ2n) is 7.20. The smallest absolute Gasteiger partial charge is 0.310 e. The summed E-state index contributed by atoms with van der Waals surface area (Å²) < 4.78 is 0. The molecule has 0 spiro atoms. The van der Waals surface area contributed by atoms with Crippen molar-refractivity contribution in [2.45, 2.75) is 66.3 Å². The van der Waals surface area contributed by atoms with Gasteiger partial charge in [-0.05, 0) is 38.5 Å². The maximum Gasteiger partial charge on any atom is 0.310 e. The van der Waals surface area contributed by atoms with Gasteiger partial charge in [0.05, 0.1) is 5.41 Å². The minimum absolute atomic E-state index is 0.413. The summed E-state index contributed by atoms with van der Waals surface area (Å²) in [5.74, 6) is 0.528. The first-order valence-electron chi connectivity index (χ1n) is 7.74. The lowest BCUT2D eigenvalue weighted by Gasteiger charge is -2.42. The summed E-state index contributed by atoms with van der Waals surface area (Å²) in [7, 11) is 0. The summed E-state index contributed by atoms with van der Waals surface area (Å²) in [6, 6.07) is 0.413. The maximum absolute atomic E-state index is 11.8. The number of carboxylic acids is 1. The molecule has 2 atom stereocenters. The molecule has 0 amide bonds. The Balaban J connectivity index is 2.83. The van der Waals surface area contributed by atoms with Gasteiger partial charge in [0.2, 0.25) is 0 Å². The molecule has 0 aliphatic heterocycles. The third-order valence-corrected chi connectivity index (χ3v) is 4.38. The van der Waals surface area contributed by atoms with Gasteiger partial charge in [-0.3, -0.25) is 9.69 Å². The van der Waals surface area contributed by atoms with E-state index in [2.05, 4.69) is 39.5 Å². The van der Waals surface area contributed by atoms with Crippen molar-refractivity contribution in [1.29, 1.82) is 0 Å². The summed E-state index contributed by atoms with van der Waals surface area (Å²) in [6.45, 7) is 12.6. The van der Waals surface area contributed by atoms with Crippen LogP contribution in [0.15, 0.2) is 0 Å². The van der Waals surface area contributed by atoms with E-state index < -0.39 is 11.4 Å². The van der Waals surface area contributed by atoms with Crippen LogP contribution in [0.3, 0.4) is 0 Å². The molecule has 1 rings (SSSR count). The van der Waals surface area contributed by atoms with Gasteiger partial charge in [-0.25, -0.2) is 0 Å². The van der Waals surface area contributed by atoms with Crippen molar-refractivity contribution < 1.29 is 9.90 Å². The maximum atomic E-state index is 11.8. The van der Waals surface area contributed by atoms with Gasteiger partial charge in [0.15, 0.2) is 0 Å². The molecular weight excluding hydrogens is 238 g/mol. The molecule has 3 nitrogen and oxygen atoms in total. The van der Waals surface area contributed by atoms with E-state index >= 15 is 0 Å². The third kappa shape index (κ3) is 4.48. The highest BCUT2D eigenvalue weighted by Crippen LogP contribution is 2.40. The van der Waals surface area contributed by atoms with E-state index in [-0.39, 0.29) is 0 Å². The molecule has 19 heavy (non-hydrogen) atoms. The second-order valence-corrected chi connectivity index (χ2v) is 7.20. The van der Waals surface area contributed by atoms with Crippen LogP contribution in [0.4, 0.5) is 0 Å². The fourth-order valence-corrected chi connectivity index (χ4v) is 3.38. The Morgan fingerprint density at radius 2 is 2.00 bits per heavy atom. The van der Waals surface area contributed by atoms with Gasteiger partial charge in [0.25, 0.3) is 0 Å². The first kappa shape index (κ1) is 16.5. The lowest BCUT2D eigenvalue weighted by Crippen LogP contribution is -2.48. The normalized spacial score (nSPS) is 28.3. The molecule has 3 heteroatoms. The summed E-state index contributed by atoms with van der Waals surface area (Å²) >= 11 is 0. The van der Waals surface area contributed by atoms with Crippen molar-refractivity contribution in [3.8, 4) is 0 Å². The Morgan fingerprint density at radius 1 is 1.37 bits per heavy atom. The number of hydrogen-bond donors (Lipinski definition) is 1. The predicted octanol–water partition coefficient (Wildman–Crippen LogP) is 3.63. The van der Waals surface area contributed by atoms with Crippen molar-refractivity contribution in [2.75, 3.05) is 13.1 Å². The third-order valence-electron chi connectivity index (χ3n) is 4.38. The molecule has 0 aromatic carbocycles. The van der Waals surface area contributed by atoms with Gasteiger partial charge >= 0.3 is 5.97 Å². The summed E-state index contributed by atoms with van der Waals surface area (Å²) in [5.41, 5.74) is -0.517. The monoisotopic (exact) mass is 269 g/mol. The van der Waals surface area contributed by atoms with Crippen LogP contribution in [-0.4, -0.2) is 35.1 Å². The van der Waals surface area contributed by atoms with Crippen LogP contribution in [-0.2, 0) is 4.79 Å². The highest BCUT2D eigenvalue weighted by Gasteiger charge is 2.43.